The molecular weight excluding hydrogens is 466 g/mol. The summed E-state index contributed by atoms with van der Waals surface area (Å²) in [5.74, 6) is -1.27. The second-order valence-corrected chi connectivity index (χ2v) is 8.06. The number of imide groups is 1. The lowest BCUT2D eigenvalue weighted by Gasteiger charge is -2.12. The highest BCUT2D eigenvalue weighted by Gasteiger charge is 2.34. The molecule has 0 fully saturated rings. The summed E-state index contributed by atoms with van der Waals surface area (Å²) in [6.07, 6.45) is 0.232. The number of methoxy groups -OCH3 is 2. The van der Waals surface area contributed by atoms with E-state index in [1.54, 1.807) is 24.3 Å². The molecule has 3 amide bonds. The van der Waals surface area contributed by atoms with Crippen LogP contribution in [0.4, 0.5) is 10.8 Å². The zero-order valence-electron chi connectivity index (χ0n) is 17.9. The normalized spacial score (nSPS) is 12.5. The van der Waals surface area contributed by atoms with Crippen LogP contribution >= 0.6 is 11.3 Å². The van der Waals surface area contributed by atoms with Gasteiger partial charge in [0.15, 0.2) is 11.5 Å². The van der Waals surface area contributed by atoms with Crippen LogP contribution in [0.15, 0.2) is 36.4 Å². The molecule has 0 unspecified atom stereocenters. The molecule has 0 bridgehead atoms. The van der Waals surface area contributed by atoms with Crippen molar-refractivity contribution in [3.63, 3.8) is 0 Å². The Bertz CT molecular complexity index is 1290. The van der Waals surface area contributed by atoms with E-state index in [0.29, 0.717) is 16.1 Å². The molecule has 1 aliphatic heterocycles. The van der Waals surface area contributed by atoms with E-state index in [9.17, 15) is 24.5 Å². The van der Waals surface area contributed by atoms with E-state index < -0.39 is 16.5 Å². The minimum atomic E-state index is -0.782. The molecule has 13 heteroatoms. The van der Waals surface area contributed by atoms with Crippen LogP contribution in [0.2, 0.25) is 0 Å². The van der Waals surface area contributed by atoms with E-state index in [1.807, 2.05) is 0 Å². The van der Waals surface area contributed by atoms with Gasteiger partial charge in [0.2, 0.25) is 5.13 Å². The summed E-state index contributed by atoms with van der Waals surface area (Å²) in [5, 5.41) is 22.3. The Balaban J connectivity index is 1.46. The lowest BCUT2D eigenvalue weighted by molar-refractivity contribution is -0.385. The van der Waals surface area contributed by atoms with E-state index in [4.69, 9.17) is 9.47 Å². The third-order valence-electron chi connectivity index (χ3n) is 5.06. The second-order valence-electron chi connectivity index (χ2n) is 6.99. The molecule has 3 aromatic rings. The van der Waals surface area contributed by atoms with Gasteiger partial charge in [-0.15, -0.1) is 10.2 Å². The van der Waals surface area contributed by atoms with Gasteiger partial charge in [-0.05, 0) is 12.1 Å². The van der Waals surface area contributed by atoms with Crippen LogP contribution in [-0.2, 0) is 6.42 Å². The summed E-state index contributed by atoms with van der Waals surface area (Å²) in [7, 11) is 2.67. The predicted molar refractivity (Wildman–Crippen MR) is 120 cm³/mol. The molecule has 0 saturated carbocycles. The molecule has 0 saturated heterocycles. The smallest absolute Gasteiger partial charge is 0.286 e. The number of carbonyl (C=O) groups is 3. The quantitative estimate of drug-likeness (QED) is 0.289. The maximum Gasteiger partial charge on any atom is 0.286 e. The number of anilines is 1. The van der Waals surface area contributed by atoms with Gasteiger partial charge in [0, 0.05) is 19.0 Å². The average molecular weight is 483 g/mol. The highest BCUT2D eigenvalue weighted by molar-refractivity contribution is 7.15. The number of nitrogens with zero attached hydrogens (tertiary/aromatic N) is 4. The number of nitrogens with one attached hydrogen (secondary N) is 1. The number of ether oxygens (including phenoxy) is 2. The van der Waals surface area contributed by atoms with Crippen LogP contribution < -0.4 is 14.8 Å². The Hall–Kier alpha value is -4.39. The first-order valence-corrected chi connectivity index (χ1v) is 10.6. The Labute approximate surface area is 196 Å². The standard InChI is InChI=1S/C21H17N5O7S/c1-32-15-9-13(14(26(30)31)10-16(15)33-2)18(27)22-21-24-23-17(34-21)7-8-25-19(28)11-5-3-4-6-12(11)20(25)29/h3-6,9-10H,7-8H2,1-2H3,(H,22,24,27). The van der Waals surface area contributed by atoms with Gasteiger partial charge in [-0.2, -0.15) is 0 Å². The molecule has 0 aliphatic carbocycles. The van der Waals surface area contributed by atoms with Gasteiger partial charge < -0.3 is 9.47 Å². The SMILES string of the molecule is COc1cc(C(=O)Nc2nnc(CCN3C(=O)c4ccccc4C3=O)s2)c([N+](=O)[O-])cc1OC. The van der Waals surface area contributed by atoms with Crippen molar-refractivity contribution >= 4 is 39.9 Å². The van der Waals surface area contributed by atoms with Crippen LogP contribution in [0.5, 0.6) is 11.5 Å². The first kappa shape index (κ1) is 22.8. The maximum atomic E-state index is 12.7. The third kappa shape index (κ3) is 4.15. The summed E-state index contributed by atoms with van der Waals surface area (Å²) < 4.78 is 10.2. The Morgan fingerprint density at radius 3 is 2.29 bits per heavy atom. The number of nitro benzene ring substituents is 1. The first-order chi connectivity index (χ1) is 16.3. The topological polar surface area (TPSA) is 154 Å². The van der Waals surface area contributed by atoms with Gasteiger partial charge >= 0.3 is 0 Å². The molecule has 0 spiro atoms. The molecule has 0 atom stereocenters. The molecule has 1 aromatic heterocycles. The fourth-order valence-corrected chi connectivity index (χ4v) is 4.14. The molecule has 0 radical (unpaired) electrons. The highest BCUT2D eigenvalue weighted by atomic mass is 32.1. The van der Waals surface area contributed by atoms with Gasteiger partial charge in [-0.1, -0.05) is 23.5 Å². The summed E-state index contributed by atoms with van der Waals surface area (Å²) in [5.41, 5.74) is -0.000557. The van der Waals surface area contributed by atoms with E-state index in [1.165, 1.54) is 20.3 Å². The van der Waals surface area contributed by atoms with Crippen LogP contribution in [0.3, 0.4) is 0 Å². The lowest BCUT2D eigenvalue weighted by atomic mass is 10.1. The summed E-state index contributed by atoms with van der Waals surface area (Å²) >= 11 is 1.03. The van der Waals surface area contributed by atoms with Crippen LogP contribution in [0.25, 0.3) is 0 Å². The van der Waals surface area contributed by atoms with Crippen molar-refractivity contribution in [1.82, 2.24) is 15.1 Å². The number of amides is 3. The molecule has 2 heterocycles. The van der Waals surface area contributed by atoms with Crippen molar-refractivity contribution in [1.29, 1.82) is 0 Å². The zero-order chi connectivity index (χ0) is 24.4. The number of rotatable bonds is 8. The largest absolute Gasteiger partial charge is 0.493 e. The molecule has 2 aromatic carbocycles. The number of aromatic nitrogens is 2. The summed E-state index contributed by atoms with van der Waals surface area (Å²) in [6.45, 7) is 0.0933. The number of benzene rings is 2. The van der Waals surface area contributed by atoms with Crippen molar-refractivity contribution in [2.24, 2.45) is 0 Å². The monoisotopic (exact) mass is 483 g/mol. The van der Waals surface area contributed by atoms with E-state index in [2.05, 4.69) is 15.5 Å². The minimum absolute atomic E-state index is 0.0933. The first-order valence-electron chi connectivity index (χ1n) is 9.83. The zero-order valence-corrected chi connectivity index (χ0v) is 18.7. The van der Waals surface area contributed by atoms with Crippen molar-refractivity contribution in [3.05, 3.63) is 68.2 Å². The molecule has 1 N–H and O–H groups in total. The number of hydrogen-bond acceptors (Lipinski definition) is 10. The number of hydrogen-bond donors (Lipinski definition) is 1. The van der Waals surface area contributed by atoms with Crippen molar-refractivity contribution in [2.45, 2.75) is 6.42 Å². The van der Waals surface area contributed by atoms with Crippen molar-refractivity contribution in [2.75, 3.05) is 26.1 Å². The second kappa shape index (κ2) is 9.23. The van der Waals surface area contributed by atoms with Gasteiger partial charge in [0.25, 0.3) is 23.4 Å². The molecule has 34 heavy (non-hydrogen) atoms. The molecule has 12 nitrogen and oxygen atoms in total. The highest BCUT2D eigenvalue weighted by Crippen LogP contribution is 2.35. The van der Waals surface area contributed by atoms with E-state index in [-0.39, 0.29) is 47.0 Å². The average Bonchev–Trinajstić information content (AvgIpc) is 3.38. The molecular formula is C21H17N5O7S. The number of carbonyl (C=O) groups excluding carboxylic acids is 3. The third-order valence-corrected chi connectivity index (χ3v) is 5.96. The maximum absolute atomic E-state index is 12.7. The fourth-order valence-electron chi connectivity index (χ4n) is 3.42. The predicted octanol–water partition coefficient (Wildman–Crippen LogP) is 2.55. The Morgan fingerprint density at radius 1 is 1.09 bits per heavy atom. The fraction of sp³-hybridized carbons (Fsp3) is 0.190. The van der Waals surface area contributed by atoms with Gasteiger partial charge in [-0.3, -0.25) is 34.7 Å². The van der Waals surface area contributed by atoms with Crippen molar-refractivity contribution < 1.29 is 28.8 Å². The summed E-state index contributed by atoms with van der Waals surface area (Å²) in [6, 6.07) is 8.88. The number of nitro groups is 1. The van der Waals surface area contributed by atoms with Crippen LogP contribution in [0, 0.1) is 10.1 Å². The number of fused-ring (bicyclic) bond motifs is 1. The molecule has 1 aliphatic rings. The van der Waals surface area contributed by atoms with Gasteiger partial charge in [-0.25, -0.2) is 0 Å². The van der Waals surface area contributed by atoms with Gasteiger partial charge in [0.1, 0.15) is 10.6 Å². The van der Waals surface area contributed by atoms with Crippen LogP contribution in [0.1, 0.15) is 36.1 Å². The van der Waals surface area contributed by atoms with Gasteiger partial charge in [0.05, 0.1) is 36.3 Å². The summed E-state index contributed by atoms with van der Waals surface area (Å²) in [4.78, 5) is 49.5. The van der Waals surface area contributed by atoms with Crippen molar-refractivity contribution in [3.8, 4) is 11.5 Å². The minimum Gasteiger partial charge on any atom is -0.493 e. The van der Waals surface area contributed by atoms with E-state index >= 15 is 0 Å². The van der Waals surface area contributed by atoms with Crippen LogP contribution in [-0.4, -0.2) is 58.5 Å². The Morgan fingerprint density at radius 2 is 1.71 bits per heavy atom. The van der Waals surface area contributed by atoms with E-state index in [0.717, 1.165) is 22.3 Å². The Kier molecular flexibility index (Phi) is 6.19. The molecule has 174 valence electrons. The molecule has 4 rings (SSSR count). The lowest BCUT2D eigenvalue weighted by Crippen LogP contribution is -2.31.